The Kier molecular flexibility index (Phi) is 5.84. The molecule has 2 saturated heterocycles. The predicted molar refractivity (Wildman–Crippen MR) is 121 cm³/mol. The first-order valence-corrected chi connectivity index (χ1v) is 11.0. The molecule has 6 nitrogen and oxygen atoms in total. The van der Waals surface area contributed by atoms with Crippen LogP contribution < -0.4 is 4.90 Å². The summed E-state index contributed by atoms with van der Waals surface area (Å²) in [6.07, 6.45) is 0.633. The fourth-order valence-electron chi connectivity index (χ4n) is 4.52. The number of halogens is 1. The molecule has 32 heavy (non-hydrogen) atoms. The van der Waals surface area contributed by atoms with Crippen LogP contribution in [0.4, 0.5) is 14.9 Å². The molecule has 1 spiro atoms. The lowest BCUT2D eigenvalue weighted by atomic mass is 9.85. The van der Waals surface area contributed by atoms with Crippen LogP contribution in [0.2, 0.25) is 0 Å². The van der Waals surface area contributed by atoms with Gasteiger partial charge in [-0.1, -0.05) is 30.3 Å². The summed E-state index contributed by atoms with van der Waals surface area (Å²) in [5.41, 5.74) is 0.539. The molecule has 170 valence electrons. The van der Waals surface area contributed by atoms with Crippen molar-refractivity contribution < 1.29 is 18.7 Å². The minimum Gasteiger partial charge on any atom is -0.444 e. The lowest BCUT2D eigenvalue weighted by Crippen LogP contribution is -2.57. The maximum absolute atomic E-state index is 13.7. The first-order valence-electron chi connectivity index (χ1n) is 11.0. The topological polar surface area (TPSA) is 53.1 Å². The van der Waals surface area contributed by atoms with Gasteiger partial charge in [-0.3, -0.25) is 4.79 Å². The molecule has 2 heterocycles. The second kappa shape index (κ2) is 8.45. The van der Waals surface area contributed by atoms with E-state index < -0.39 is 11.1 Å². The number of amides is 2. The maximum atomic E-state index is 13.7. The molecule has 0 N–H and O–H groups in total. The van der Waals surface area contributed by atoms with Gasteiger partial charge in [0.05, 0.1) is 6.67 Å². The van der Waals surface area contributed by atoms with Gasteiger partial charge in [0.1, 0.15) is 17.0 Å². The number of benzene rings is 2. The van der Waals surface area contributed by atoms with Gasteiger partial charge in [0.2, 0.25) is 5.91 Å². The summed E-state index contributed by atoms with van der Waals surface area (Å²) in [4.78, 5) is 31.9. The van der Waals surface area contributed by atoms with Crippen molar-refractivity contribution in [2.24, 2.45) is 0 Å². The summed E-state index contributed by atoms with van der Waals surface area (Å²) in [5, 5.41) is 0. The number of ether oxygens (including phenoxy) is 1. The number of piperidine rings is 1. The van der Waals surface area contributed by atoms with E-state index in [0.29, 0.717) is 39.1 Å². The zero-order valence-corrected chi connectivity index (χ0v) is 18.9. The van der Waals surface area contributed by atoms with Gasteiger partial charge in [-0.25, -0.2) is 9.18 Å². The Hall–Kier alpha value is -3.09. The van der Waals surface area contributed by atoms with Crippen LogP contribution in [-0.2, 0) is 16.1 Å². The van der Waals surface area contributed by atoms with Crippen molar-refractivity contribution in [3.8, 4) is 0 Å². The second-order valence-electron chi connectivity index (χ2n) is 9.53. The second-order valence-corrected chi connectivity index (χ2v) is 9.53. The minimum absolute atomic E-state index is 0.0505. The minimum atomic E-state index is -0.759. The van der Waals surface area contributed by atoms with Crippen molar-refractivity contribution >= 4 is 17.7 Å². The maximum Gasteiger partial charge on any atom is 0.410 e. The van der Waals surface area contributed by atoms with E-state index in [1.165, 1.54) is 12.1 Å². The third kappa shape index (κ3) is 4.42. The van der Waals surface area contributed by atoms with E-state index in [1.54, 1.807) is 17.0 Å². The van der Waals surface area contributed by atoms with E-state index in [4.69, 9.17) is 4.74 Å². The number of nitrogens with zero attached hydrogens (tertiary/aromatic N) is 3. The lowest BCUT2D eigenvalue weighted by molar-refractivity contribution is -0.134. The van der Waals surface area contributed by atoms with Crippen molar-refractivity contribution in [3.05, 3.63) is 66.0 Å². The number of hydrogen-bond donors (Lipinski definition) is 0. The van der Waals surface area contributed by atoms with Crippen molar-refractivity contribution in [2.75, 3.05) is 24.7 Å². The largest absolute Gasteiger partial charge is 0.444 e. The molecule has 2 aliphatic heterocycles. The van der Waals surface area contributed by atoms with Gasteiger partial charge in [0, 0.05) is 25.3 Å². The summed E-state index contributed by atoms with van der Waals surface area (Å²) in [6, 6.07) is 16.2. The van der Waals surface area contributed by atoms with E-state index in [1.807, 2.05) is 56.0 Å². The quantitative estimate of drug-likeness (QED) is 0.711. The predicted octanol–water partition coefficient (Wildman–Crippen LogP) is 4.40. The van der Waals surface area contributed by atoms with Gasteiger partial charge >= 0.3 is 6.09 Å². The molecular weight excluding hydrogens is 409 g/mol. The molecule has 2 amide bonds. The molecule has 0 saturated carbocycles. The third-order valence-corrected chi connectivity index (χ3v) is 6.11. The Morgan fingerprint density at radius 3 is 2.25 bits per heavy atom. The first kappa shape index (κ1) is 22.1. The Morgan fingerprint density at radius 2 is 1.66 bits per heavy atom. The molecular formula is C25H30FN3O3. The molecule has 2 aromatic carbocycles. The Morgan fingerprint density at radius 1 is 1.03 bits per heavy atom. The van der Waals surface area contributed by atoms with Gasteiger partial charge in [-0.2, -0.15) is 0 Å². The fraction of sp³-hybridized carbons (Fsp3) is 0.440. The highest BCUT2D eigenvalue weighted by atomic mass is 19.1. The molecule has 2 fully saturated rings. The molecule has 2 aromatic rings. The van der Waals surface area contributed by atoms with Crippen molar-refractivity contribution in [3.63, 3.8) is 0 Å². The molecule has 0 radical (unpaired) electrons. The number of likely N-dealkylation sites (tertiary alicyclic amines) is 1. The molecule has 0 bridgehead atoms. The summed E-state index contributed by atoms with van der Waals surface area (Å²) < 4.78 is 19.1. The summed E-state index contributed by atoms with van der Waals surface area (Å²) >= 11 is 0. The van der Waals surface area contributed by atoms with Gasteiger partial charge in [-0.15, -0.1) is 0 Å². The monoisotopic (exact) mass is 439 g/mol. The number of carbonyl (C=O) groups excluding carboxylic acids is 2. The standard InChI is InChI=1S/C25H30FN3O3/c1-24(2,3)32-23(31)27-15-13-25(14-16-27)22(30)28(17-19-7-5-4-6-8-19)18-29(25)21-11-9-20(26)10-12-21/h4-12H,13-18H2,1-3H3. The highest BCUT2D eigenvalue weighted by Gasteiger charge is 2.54. The fourth-order valence-corrected chi connectivity index (χ4v) is 4.52. The molecule has 0 aliphatic carbocycles. The van der Waals surface area contributed by atoms with Gasteiger partial charge in [0.15, 0.2) is 0 Å². The van der Waals surface area contributed by atoms with Crippen LogP contribution in [0.5, 0.6) is 0 Å². The van der Waals surface area contributed by atoms with E-state index in [0.717, 1.165) is 11.3 Å². The zero-order chi connectivity index (χ0) is 22.9. The van der Waals surface area contributed by atoms with Crippen molar-refractivity contribution in [1.29, 1.82) is 0 Å². The number of carbonyl (C=O) groups is 2. The summed E-state index contributed by atoms with van der Waals surface area (Å²) in [6.45, 7) is 7.31. The van der Waals surface area contributed by atoms with Crippen LogP contribution in [0.1, 0.15) is 39.2 Å². The zero-order valence-electron chi connectivity index (χ0n) is 18.9. The summed E-state index contributed by atoms with van der Waals surface area (Å²) in [7, 11) is 0. The van der Waals surface area contributed by atoms with Crippen LogP contribution in [-0.4, -0.2) is 52.7 Å². The van der Waals surface area contributed by atoms with Gasteiger partial charge < -0.3 is 19.4 Å². The highest BCUT2D eigenvalue weighted by molar-refractivity contribution is 5.93. The van der Waals surface area contributed by atoms with Crippen molar-refractivity contribution in [2.45, 2.75) is 51.3 Å². The Balaban J connectivity index is 1.58. The smallest absolute Gasteiger partial charge is 0.410 e. The average Bonchev–Trinajstić information content (AvgIpc) is 3.00. The van der Waals surface area contributed by atoms with Gasteiger partial charge in [-0.05, 0) is 63.4 Å². The molecule has 0 unspecified atom stereocenters. The SMILES string of the molecule is CC(C)(C)OC(=O)N1CCC2(CC1)C(=O)N(Cc1ccccc1)CN2c1ccc(F)cc1. The number of anilines is 1. The lowest BCUT2D eigenvalue weighted by Gasteiger charge is -2.43. The average molecular weight is 440 g/mol. The van der Waals surface area contributed by atoms with Crippen LogP contribution >= 0.6 is 0 Å². The number of rotatable bonds is 3. The molecule has 4 rings (SSSR count). The van der Waals surface area contributed by atoms with Crippen LogP contribution in [0.15, 0.2) is 54.6 Å². The Bertz CT molecular complexity index is 964. The molecule has 0 atom stereocenters. The van der Waals surface area contributed by atoms with Crippen molar-refractivity contribution in [1.82, 2.24) is 9.80 Å². The van der Waals surface area contributed by atoms with E-state index in [9.17, 15) is 14.0 Å². The van der Waals surface area contributed by atoms with E-state index in [-0.39, 0.29) is 17.8 Å². The molecule has 2 aliphatic rings. The highest BCUT2D eigenvalue weighted by Crippen LogP contribution is 2.40. The number of hydrogen-bond acceptors (Lipinski definition) is 4. The molecule has 7 heteroatoms. The molecule has 0 aromatic heterocycles. The van der Waals surface area contributed by atoms with E-state index >= 15 is 0 Å². The normalized spacial score (nSPS) is 18.4. The van der Waals surface area contributed by atoms with Crippen LogP contribution in [0.25, 0.3) is 0 Å². The third-order valence-electron chi connectivity index (χ3n) is 6.11. The van der Waals surface area contributed by atoms with Crippen LogP contribution in [0, 0.1) is 5.82 Å². The first-order chi connectivity index (χ1) is 15.2. The van der Waals surface area contributed by atoms with E-state index in [2.05, 4.69) is 4.90 Å². The Labute approximate surface area is 188 Å². The van der Waals surface area contributed by atoms with Gasteiger partial charge in [0.25, 0.3) is 0 Å². The van der Waals surface area contributed by atoms with Crippen LogP contribution in [0.3, 0.4) is 0 Å². The summed E-state index contributed by atoms with van der Waals surface area (Å²) in [5.74, 6) is -0.260.